The minimum Gasteiger partial charge on any atom is -0.357 e. The second-order valence-corrected chi connectivity index (χ2v) is 5.31. The van der Waals surface area contributed by atoms with Crippen molar-refractivity contribution in [3.05, 3.63) is 35.4 Å². The SMILES string of the molecule is CCNC(=NCCCCN1C(=O)c2ccccc2C1=O)NCC.I. The molecule has 0 aromatic heterocycles. The van der Waals surface area contributed by atoms with E-state index in [1.807, 2.05) is 13.8 Å². The first-order chi connectivity index (χ1) is 11.2. The van der Waals surface area contributed by atoms with Crippen LogP contribution in [0, 0.1) is 0 Å². The Morgan fingerprint density at radius 2 is 1.54 bits per heavy atom. The topological polar surface area (TPSA) is 73.8 Å². The van der Waals surface area contributed by atoms with E-state index in [2.05, 4.69) is 15.6 Å². The molecule has 2 rings (SSSR count). The molecule has 0 saturated heterocycles. The first-order valence-electron chi connectivity index (χ1n) is 8.16. The second-order valence-electron chi connectivity index (χ2n) is 5.31. The van der Waals surface area contributed by atoms with Crippen molar-refractivity contribution in [2.24, 2.45) is 4.99 Å². The lowest BCUT2D eigenvalue weighted by atomic mass is 10.1. The molecule has 2 amide bonds. The zero-order chi connectivity index (χ0) is 16.7. The number of halogens is 1. The van der Waals surface area contributed by atoms with Crippen LogP contribution in [0.25, 0.3) is 0 Å². The Hall–Kier alpha value is -1.64. The summed E-state index contributed by atoms with van der Waals surface area (Å²) in [7, 11) is 0. The Kier molecular flexibility index (Phi) is 8.73. The summed E-state index contributed by atoms with van der Waals surface area (Å²) in [5.74, 6) is 0.431. The Morgan fingerprint density at radius 3 is 2.04 bits per heavy atom. The standard InChI is InChI=1S/C17H24N4O2.HI/c1-3-18-17(19-4-2)20-11-7-8-12-21-15(22)13-9-5-6-10-14(13)16(21)23;/h5-6,9-10H,3-4,7-8,11-12H2,1-2H3,(H2,18,19,20);1H. The maximum Gasteiger partial charge on any atom is 0.261 e. The predicted octanol–water partition coefficient (Wildman–Crippen LogP) is 2.26. The molecule has 0 aliphatic carbocycles. The summed E-state index contributed by atoms with van der Waals surface area (Å²) in [5.41, 5.74) is 1.02. The van der Waals surface area contributed by atoms with Gasteiger partial charge < -0.3 is 10.6 Å². The summed E-state index contributed by atoms with van der Waals surface area (Å²) in [4.78, 5) is 30.2. The third-order valence-corrected chi connectivity index (χ3v) is 3.63. The van der Waals surface area contributed by atoms with E-state index in [-0.39, 0.29) is 35.8 Å². The molecule has 132 valence electrons. The highest BCUT2D eigenvalue weighted by atomic mass is 127. The van der Waals surface area contributed by atoms with Crippen LogP contribution in [0.5, 0.6) is 0 Å². The number of imide groups is 1. The fraction of sp³-hybridized carbons (Fsp3) is 0.471. The minimum atomic E-state index is -0.185. The van der Waals surface area contributed by atoms with Gasteiger partial charge in [0.15, 0.2) is 5.96 Å². The lowest BCUT2D eigenvalue weighted by Gasteiger charge is -2.13. The first-order valence-corrected chi connectivity index (χ1v) is 8.16. The maximum absolute atomic E-state index is 12.2. The summed E-state index contributed by atoms with van der Waals surface area (Å²) < 4.78 is 0. The Labute approximate surface area is 160 Å². The normalized spacial score (nSPS) is 12.5. The van der Waals surface area contributed by atoms with E-state index in [0.29, 0.717) is 24.2 Å². The van der Waals surface area contributed by atoms with Gasteiger partial charge in [-0.1, -0.05) is 12.1 Å². The number of aliphatic imine (C=N–C) groups is 1. The number of nitrogens with one attached hydrogen (secondary N) is 2. The summed E-state index contributed by atoms with van der Waals surface area (Å²) >= 11 is 0. The highest BCUT2D eigenvalue weighted by Crippen LogP contribution is 2.22. The van der Waals surface area contributed by atoms with Gasteiger partial charge in [0.05, 0.1) is 11.1 Å². The average Bonchev–Trinajstić information content (AvgIpc) is 2.80. The molecule has 1 aliphatic rings. The van der Waals surface area contributed by atoms with Crippen LogP contribution in [-0.2, 0) is 0 Å². The van der Waals surface area contributed by atoms with E-state index >= 15 is 0 Å². The van der Waals surface area contributed by atoms with Crippen LogP contribution in [-0.4, -0.2) is 48.9 Å². The molecule has 0 radical (unpaired) electrons. The maximum atomic E-state index is 12.2. The monoisotopic (exact) mass is 444 g/mol. The number of nitrogens with zero attached hydrogens (tertiary/aromatic N) is 2. The predicted molar refractivity (Wildman–Crippen MR) is 106 cm³/mol. The number of hydrogen-bond acceptors (Lipinski definition) is 3. The highest BCUT2D eigenvalue weighted by molar-refractivity contribution is 14.0. The Balaban J connectivity index is 0.00000288. The quantitative estimate of drug-likeness (QED) is 0.223. The molecule has 7 heteroatoms. The van der Waals surface area contributed by atoms with Gasteiger partial charge in [-0.3, -0.25) is 19.5 Å². The molecule has 6 nitrogen and oxygen atoms in total. The van der Waals surface area contributed by atoms with Crippen molar-refractivity contribution < 1.29 is 9.59 Å². The average molecular weight is 444 g/mol. The van der Waals surface area contributed by atoms with E-state index in [1.165, 1.54) is 4.90 Å². The molecular formula is C17H25IN4O2. The lowest BCUT2D eigenvalue weighted by Crippen LogP contribution is -2.37. The van der Waals surface area contributed by atoms with Crippen molar-refractivity contribution in [2.75, 3.05) is 26.2 Å². The van der Waals surface area contributed by atoms with E-state index < -0.39 is 0 Å². The number of carbonyl (C=O) groups is 2. The Morgan fingerprint density at radius 1 is 1.00 bits per heavy atom. The number of amides is 2. The molecule has 2 N–H and O–H groups in total. The Bertz CT molecular complexity index is 561. The van der Waals surface area contributed by atoms with Gasteiger partial charge in [0.25, 0.3) is 11.8 Å². The van der Waals surface area contributed by atoms with E-state index in [1.54, 1.807) is 24.3 Å². The van der Waals surface area contributed by atoms with Crippen molar-refractivity contribution in [1.82, 2.24) is 15.5 Å². The third kappa shape index (κ3) is 4.93. The molecule has 0 spiro atoms. The molecule has 1 aliphatic heterocycles. The van der Waals surface area contributed by atoms with Crippen molar-refractivity contribution in [1.29, 1.82) is 0 Å². The van der Waals surface area contributed by atoms with Gasteiger partial charge >= 0.3 is 0 Å². The van der Waals surface area contributed by atoms with Crippen LogP contribution < -0.4 is 10.6 Å². The van der Waals surface area contributed by atoms with E-state index in [0.717, 1.165) is 31.9 Å². The number of fused-ring (bicyclic) bond motifs is 1. The minimum absolute atomic E-state index is 0. The third-order valence-electron chi connectivity index (χ3n) is 3.63. The van der Waals surface area contributed by atoms with Crippen molar-refractivity contribution in [2.45, 2.75) is 26.7 Å². The van der Waals surface area contributed by atoms with Gasteiger partial charge in [-0.25, -0.2) is 0 Å². The molecule has 24 heavy (non-hydrogen) atoms. The summed E-state index contributed by atoms with van der Waals surface area (Å²) in [6.07, 6.45) is 1.58. The molecule has 1 heterocycles. The molecule has 0 atom stereocenters. The first kappa shape index (κ1) is 20.4. The molecule has 1 aromatic carbocycles. The van der Waals surface area contributed by atoms with Crippen LogP contribution in [0.1, 0.15) is 47.4 Å². The van der Waals surface area contributed by atoms with Gasteiger partial charge in [0.2, 0.25) is 0 Å². The van der Waals surface area contributed by atoms with Gasteiger partial charge in [-0.15, -0.1) is 24.0 Å². The van der Waals surface area contributed by atoms with Crippen molar-refractivity contribution in [3.63, 3.8) is 0 Å². The van der Waals surface area contributed by atoms with E-state index in [9.17, 15) is 9.59 Å². The van der Waals surface area contributed by atoms with Crippen molar-refractivity contribution in [3.8, 4) is 0 Å². The zero-order valence-corrected chi connectivity index (χ0v) is 16.5. The summed E-state index contributed by atoms with van der Waals surface area (Å²) in [6, 6.07) is 6.98. The number of rotatable bonds is 7. The highest BCUT2D eigenvalue weighted by Gasteiger charge is 2.34. The van der Waals surface area contributed by atoms with Gasteiger partial charge in [0.1, 0.15) is 0 Å². The molecule has 0 unspecified atom stereocenters. The zero-order valence-electron chi connectivity index (χ0n) is 14.2. The molecule has 1 aromatic rings. The molecule has 0 saturated carbocycles. The van der Waals surface area contributed by atoms with Gasteiger partial charge in [-0.2, -0.15) is 0 Å². The number of unbranched alkanes of at least 4 members (excludes halogenated alkanes) is 1. The van der Waals surface area contributed by atoms with Crippen molar-refractivity contribution >= 4 is 41.8 Å². The van der Waals surface area contributed by atoms with Crippen LogP contribution >= 0.6 is 24.0 Å². The van der Waals surface area contributed by atoms with E-state index in [4.69, 9.17) is 0 Å². The number of benzene rings is 1. The largest absolute Gasteiger partial charge is 0.357 e. The fourth-order valence-electron chi connectivity index (χ4n) is 2.52. The van der Waals surface area contributed by atoms with Crippen LogP contribution in [0.2, 0.25) is 0 Å². The summed E-state index contributed by atoms with van der Waals surface area (Å²) in [5, 5.41) is 6.32. The molecule has 0 bridgehead atoms. The smallest absolute Gasteiger partial charge is 0.261 e. The van der Waals surface area contributed by atoms with Gasteiger partial charge in [-0.05, 0) is 38.8 Å². The molecular weight excluding hydrogens is 419 g/mol. The van der Waals surface area contributed by atoms with Crippen LogP contribution in [0.4, 0.5) is 0 Å². The number of carbonyl (C=O) groups excluding carboxylic acids is 2. The second kappa shape index (κ2) is 10.3. The fourth-order valence-corrected chi connectivity index (χ4v) is 2.52. The van der Waals surface area contributed by atoms with Crippen LogP contribution in [0.3, 0.4) is 0 Å². The lowest BCUT2D eigenvalue weighted by molar-refractivity contribution is 0.0652. The van der Waals surface area contributed by atoms with Gasteiger partial charge in [0, 0.05) is 26.2 Å². The number of guanidine groups is 1. The number of hydrogen-bond donors (Lipinski definition) is 2. The van der Waals surface area contributed by atoms with Crippen LogP contribution in [0.15, 0.2) is 29.3 Å². The molecule has 0 fully saturated rings. The summed E-state index contributed by atoms with van der Waals surface area (Å²) in [6.45, 7) is 6.80.